The summed E-state index contributed by atoms with van der Waals surface area (Å²) >= 11 is 1.67. The minimum atomic E-state index is 0. The summed E-state index contributed by atoms with van der Waals surface area (Å²) in [7, 11) is 1.64. The Morgan fingerprint density at radius 1 is 1.32 bits per heavy atom. The normalized spacial score (nSPS) is 14.5. The molecule has 1 fully saturated rings. The SMILES string of the molecule is CCN(Cc1ccc(OCc2cccs2)c(OC)c1)C(=O)C(C)C1CNC1.Cl. The van der Waals surface area contributed by atoms with Crippen LogP contribution >= 0.6 is 23.7 Å². The Morgan fingerprint density at radius 2 is 2.11 bits per heavy atom. The predicted molar refractivity (Wildman–Crippen MR) is 116 cm³/mol. The number of nitrogens with one attached hydrogen (secondary N) is 1. The van der Waals surface area contributed by atoms with E-state index in [1.54, 1.807) is 18.4 Å². The molecule has 1 aliphatic rings. The molecule has 1 atom stereocenters. The lowest BCUT2D eigenvalue weighted by molar-refractivity contribution is -0.137. The molecule has 0 saturated carbocycles. The number of ether oxygens (including phenoxy) is 2. The molecule has 1 amide bonds. The zero-order valence-electron chi connectivity index (χ0n) is 16.6. The van der Waals surface area contributed by atoms with Gasteiger partial charge in [0.1, 0.15) is 6.61 Å². The Kier molecular flexibility index (Phi) is 8.60. The minimum Gasteiger partial charge on any atom is -0.493 e. The lowest BCUT2D eigenvalue weighted by Gasteiger charge is -2.34. The second-order valence-electron chi connectivity index (χ2n) is 6.91. The van der Waals surface area contributed by atoms with Crippen molar-refractivity contribution in [2.24, 2.45) is 11.8 Å². The van der Waals surface area contributed by atoms with Crippen molar-refractivity contribution in [2.45, 2.75) is 27.0 Å². The average Bonchev–Trinajstić information content (AvgIpc) is 3.16. The summed E-state index contributed by atoms with van der Waals surface area (Å²) in [4.78, 5) is 15.9. The Morgan fingerprint density at radius 3 is 2.68 bits per heavy atom. The van der Waals surface area contributed by atoms with Crippen LogP contribution in [0.15, 0.2) is 35.7 Å². The Balaban J connectivity index is 0.00000280. The van der Waals surface area contributed by atoms with Gasteiger partial charge in [0.15, 0.2) is 11.5 Å². The molecule has 1 N–H and O–H groups in total. The summed E-state index contributed by atoms with van der Waals surface area (Å²) in [6.45, 7) is 7.75. The number of carbonyl (C=O) groups excluding carboxylic acids is 1. The van der Waals surface area contributed by atoms with Crippen LogP contribution in [0.3, 0.4) is 0 Å². The third kappa shape index (κ3) is 5.40. The van der Waals surface area contributed by atoms with Crippen molar-refractivity contribution in [3.05, 3.63) is 46.2 Å². The highest BCUT2D eigenvalue weighted by Crippen LogP contribution is 2.30. The Hall–Kier alpha value is -1.76. The smallest absolute Gasteiger partial charge is 0.226 e. The lowest BCUT2D eigenvalue weighted by atomic mass is 9.88. The summed E-state index contributed by atoms with van der Waals surface area (Å²) in [6.07, 6.45) is 0. The van der Waals surface area contributed by atoms with Crippen LogP contribution in [0.2, 0.25) is 0 Å². The van der Waals surface area contributed by atoms with E-state index in [1.165, 1.54) is 4.88 Å². The molecule has 1 aromatic carbocycles. The van der Waals surface area contributed by atoms with Crippen molar-refractivity contribution in [3.63, 3.8) is 0 Å². The van der Waals surface area contributed by atoms with Gasteiger partial charge in [-0.3, -0.25) is 4.79 Å². The molecule has 7 heteroatoms. The van der Waals surface area contributed by atoms with Crippen molar-refractivity contribution in [1.82, 2.24) is 10.2 Å². The third-order valence-electron chi connectivity index (χ3n) is 5.15. The van der Waals surface area contributed by atoms with Crippen LogP contribution in [-0.4, -0.2) is 37.6 Å². The van der Waals surface area contributed by atoms with Gasteiger partial charge in [-0.1, -0.05) is 19.1 Å². The number of hydrogen-bond donors (Lipinski definition) is 1. The van der Waals surface area contributed by atoms with E-state index < -0.39 is 0 Å². The number of rotatable bonds is 9. The van der Waals surface area contributed by atoms with E-state index in [9.17, 15) is 4.79 Å². The van der Waals surface area contributed by atoms with Gasteiger partial charge < -0.3 is 19.7 Å². The Bertz CT molecular complexity index is 750. The standard InChI is InChI=1S/C21H28N2O3S.ClH/c1-4-23(21(24)15(2)17-11-22-12-17)13-16-7-8-19(20(10-16)25-3)26-14-18-6-5-9-27-18;/h5-10,15,17,22H,4,11-14H2,1-3H3;1H. The minimum absolute atomic E-state index is 0. The summed E-state index contributed by atoms with van der Waals surface area (Å²) in [5, 5.41) is 5.28. The topological polar surface area (TPSA) is 50.8 Å². The lowest BCUT2D eigenvalue weighted by Crippen LogP contribution is -2.50. The van der Waals surface area contributed by atoms with Crippen LogP contribution in [0.4, 0.5) is 0 Å². The number of nitrogens with zero attached hydrogens (tertiary/aromatic N) is 1. The summed E-state index contributed by atoms with van der Waals surface area (Å²) < 4.78 is 11.4. The molecule has 0 spiro atoms. The fourth-order valence-corrected chi connectivity index (χ4v) is 3.81. The maximum Gasteiger partial charge on any atom is 0.226 e. The second kappa shape index (κ2) is 10.7. The monoisotopic (exact) mass is 424 g/mol. The second-order valence-corrected chi connectivity index (χ2v) is 7.94. The highest BCUT2D eigenvalue weighted by atomic mass is 35.5. The van der Waals surface area contributed by atoms with Crippen LogP contribution in [0.5, 0.6) is 11.5 Å². The van der Waals surface area contributed by atoms with Gasteiger partial charge in [-0.05, 0) is 55.1 Å². The van der Waals surface area contributed by atoms with Crippen LogP contribution in [0.1, 0.15) is 24.3 Å². The van der Waals surface area contributed by atoms with E-state index in [4.69, 9.17) is 9.47 Å². The van der Waals surface area contributed by atoms with Gasteiger partial charge in [0, 0.05) is 23.9 Å². The van der Waals surface area contributed by atoms with Gasteiger partial charge in [-0.2, -0.15) is 0 Å². The first kappa shape index (κ1) is 22.5. The van der Waals surface area contributed by atoms with E-state index in [0.717, 1.165) is 24.4 Å². The first-order chi connectivity index (χ1) is 13.1. The molecule has 2 aromatic rings. The summed E-state index contributed by atoms with van der Waals surface area (Å²) in [5.41, 5.74) is 1.05. The fraction of sp³-hybridized carbons (Fsp3) is 0.476. The number of methoxy groups -OCH3 is 1. The largest absolute Gasteiger partial charge is 0.493 e. The van der Waals surface area contributed by atoms with Gasteiger partial charge in [0.25, 0.3) is 0 Å². The number of thiophene rings is 1. The van der Waals surface area contributed by atoms with Crippen molar-refractivity contribution >= 4 is 29.7 Å². The Labute approximate surface area is 177 Å². The van der Waals surface area contributed by atoms with Crippen LogP contribution < -0.4 is 14.8 Å². The zero-order chi connectivity index (χ0) is 19.2. The molecule has 0 aliphatic carbocycles. The molecule has 1 aliphatic heterocycles. The predicted octanol–water partition coefficient (Wildman–Crippen LogP) is 3.96. The number of hydrogen-bond acceptors (Lipinski definition) is 5. The summed E-state index contributed by atoms with van der Waals surface area (Å²) in [6, 6.07) is 9.97. The zero-order valence-corrected chi connectivity index (χ0v) is 18.3. The highest BCUT2D eigenvalue weighted by Gasteiger charge is 2.31. The van der Waals surface area contributed by atoms with E-state index >= 15 is 0 Å². The molecule has 0 radical (unpaired) electrons. The maximum atomic E-state index is 12.8. The van der Waals surface area contributed by atoms with Crippen LogP contribution in [-0.2, 0) is 17.9 Å². The molecule has 1 unspecified atom stereocenters. The van der Waals surface area contributed by atoms with Crippen molar-refractivity contribution in [1.29, 1.82) is 0 Å². The van der Waals surface area contributed by atoms with Gasteiger partial charge in [0.2, 0.25) is 5.91 Å². The molecule has 5 nitrogen and oxygen atoms in total. The van der Waals surface area contributed by atoms with Gasteiger partial charge >= 0.3 is 0 Å². The van der Waals surface area contributed by atoms with E-state index in [1.807, 2.05) is 48.4 Å². The fourth-order valence-electron chi connectivity index (χ4n) is 3.19. The van der Waals surface area contributed by atoms with E-state index in [-0.39, 0.29) is 24.2 Å². The molecular formula is C21H29ClN2O3S. The van der Waals surface area contributed by atoms with Gasteiger partial charge in [0.05, 0.1) is 7.11 Å². The van der Waals surface area contributed by atoms with Crippen LogP contribution in [0.25, 0.3) is 0 Å². The molecule has 28 heavy (non-hydrogen) atoms. The van der Waals surface area contributed by atoms with E-state index in [0.29, 0.717) is 31.4 Å². The third-order valence-corrected chi connectivity index (χ3v) is 6.00. The van der Waals surface area contributed by atoms with Crippen molar-refractivity contribution in [2.75, 3.05) is 26.7 Å². The van der Waals surface area contributed by atoms with Crippen molar-refractivity contribution in [3.8, 4) is 11.5 Å². The molecular weight excluding hydrogens is 396 g/mol. The molecule has 2 heterocycles. The summed E-state index contributed by atoms with van der Waals surface area (Å²) in [5.74, 6) is 2.15. The average molecular weight is 425 g/mol. The van der Waals surface area contributed by atoms with Crippen molar-refractivity contribution < 1.29 is 14.3 Å². The maximum absolute atomic E-state index is 12.8. The van der Waals surface area contributed by atoms with Gasteiger partial charge in [-0.25, -0.2) is 0 Å². The molecule has 0 bridgehead atoms. The highest BCUT2D eigenvalue weighted by molar-refractivity contribution is 7.09. The molecule has 154 valence electrons. The molecule has 1 saturated heterocycles. The van der Waals surface area contributed by atoms with Crippen LogP contribution in [0, 0.1) is 11.8 Å². The number of benzene rings is 1. The quantitative estimate of drug-likeness (QED) is 0.661. The number of carbonyl (C=O) groups is 1. The van der Waals surface area contributed by atoms with Gasteiger partial charge in [-0.15, -0.1) is 23.7 Å². The number of amides is 1. The molecule has 3 rings (SSSR count). The first-order valence-corrected chi connectivity index (χ1v) is 10.3. The number of halogens is 1. The molecule has 1 aromatic heterocycles. The van der Waals surface area contributed by atoms with E-state index in [2.05, 4.69) is 11.4 Å². The first-order valence-electron chi connectivity index (χ1n) is 9.44.